The lowest BCUT2D eigenvalue weighted by molar-refractivity contribution is 0.263. The van der Waals surface area contributed by atoms with E-state index in [-0.39, 0.29) is 5.54 Å². The SMILES string of the molecule is CC(C)(CC1CCCCCC1)NCC1CCCS(=O)(=O)C1. The molecule has 4 heteroatoms. The van der Waals surface area contributed by atoms with Crippen molar-refractivity contribution in [2.75, 3.05) is 18.1 Å². The van der Waals surface area contributed by atoms with E-state index in [0.29, 0.717) is 17.4 Å². The summed E-state index contributed by atoms with van der Waals surface area (Å²) >= 11 is 0. The van der Waals surface area contributed by atoms with E-state index in [1.54, 1.807) is 0 Å². The lowest BCUT2D eigenvalue weighted by Crippen LogP contribution is -2.45. The molecule has 0 amide bonds. The first-order valence-electron chi connectivity index (χ1n) is 8.82. The summed E-state index contributed by atoms with van der Waals surface area (Å²) in [5.41, 5.74) is 0.135. The van der Waals surface area contributed by atoms with Crippen molar-refractivity contribution in [2.24, 2.45) is 11.8 Å². The minimum atomic E-state index is -2.77. The van der Waals surface area contributed by atoms with Gasteiger partial charge in [-0.25, -0.2) is 8.42 Å². The molecule has 21 heavy (non-hydrogen) atoms. The number of hydrogen-bond donors (Lipinski definition) is 1. The Morgan fingerprint density at radius 1 is 0.952 bits per heavy atom. The Morgan fingerprint density at radius 2 is 1.57 bits per heavy atom. The number of hydrogen-bond acceptors (Lipinski definition) is 3. The van der Waals surface area contributed by atoms with E-state index in [1.807, 2.05) is 0 Å². The zero-order valence-corrected chi connectivity index (χ0v) is 14.7. The van der Waals surface area contributed by atoms with Crippen LogP contribution in [0.15, 0.2) is 0 Å². The summed E-state index contributed by atoms with van der Waals surface area (Å²) < 4.78 is 23.4. The van der Waals surface area contributed by atoms with Gasteiger partial charge in [0.2, 0.25) is 0 Å². The fourth-order valence-corrected chi connectivity index (χ4v) is 5.84. The van der Waals surface area contributed by atoms with Crippen molar-refractivity contribution in [3.63, 3.8) is 0 Å². The highest BCUT2D eigenvalue weighted by Crippen LogP contribution is 2.30. The van der Waals surface area contributed by atoms with Crippen LogP contribution in [0.4, 0.5) is 0 Å². The first-order valence-corrected chi connectivity index (χ1v) is 10.6. The number of nitrogens with one attached hydrogen (secondary N) is 1. The summed E-state index contributed by atoms with van der Waals surface area (Å²) in [5.74, 6) is 1.95. The molecule has 1 saturated carbocycles. The van der Waals surface area contributed by atoms with Crippen molar-refractivity contribution in [1.29, 1.82) is 0 Å². The van der Waals surface area contributed by atoms with Gasteiger partial charge in [-0.3, -0.25) is 0 Å². The molecular formula is C17H33NO2S. The van der Waals surface area contributed by atoms with E-state index in [1.165, 1.54) is 44.9 Å². The van der Waals surface area contributed by atoms with Crippen LogP contribution in [0.25, 0.3) is 0 Å². The molecule has 2 aliphatic rings. The van der Waals surface area contributed by atoms with Crippen LogP contribution in [0.3, 0.4) is 0 Å². The zero-order chi connectivity index (χ0) is 15.3. The predicted molar refractivity (Wildman–Crippen MR) is 89.3 cm³/mol. The lowest BCUT2D eigenvalue weighted by Gasteiger charge is -2.33. The molecule has 0 bridgehead atoms. The Kier molecular flexibility index (Phi) is 6.13. The van der Waals surface area contributed by atoms with E-state index in [9.17, 15) is 8.42 Å². The molecule has 1 aliphatic heterocycles. The third-order valence-corrected chi connectivity index (χ3v) is 7.09. The van der Waals surface area contributed by atoms with Gasteiger partial charge >= 0.3 is 0 Å². The van der Waals surface area contributed by atoms with Gasteiger partial charge in [0.1, 0.15) is 0 Å². The molecule has 2 fully saturated rings. The van der Waals surface area contributed by atoms with Gasteiger partial charge in [0.15, 0.2) is 9.84 Å². The Balaban J connectivity index is 1.77. The third-order valence-electron chi connectivity index (χ3n) is 5.20. The largest absolute Gasteiger partial charge is 0.311 e. The molecule has 1 N–H and O–H groups in total. The molecule has 0 aromatic carbocycles. The first kappa shape index (κ1) is 17.3. The average Bonchev–Trinajstić information content (AvgIpc) is 2.63. The van der Waals surface area contributed by atoms with Crippen LogP contribution in [0, 0.1) is 11.8 Å². The van der Waals surface area contributed by atoms with Crippen LogP contribution >= 0.6 is 0 Å². The summed E-state index contributed by atoms with van der Waals surface area (Å²) in [4.78, 5) is 0. The summed E-state index contributed by atoms with van der Waals surface area (Å²) in [6.07, 6.45) is 11.5. The van der Waals surface area contributed by atoms with Gasteiger partial charge < -0.3 is 5.32 Å². The Labute approximate surface area is 131 Å². The van der Waals surface area contributed by atoms with Crippen molar-refractivity contribution in [3.05, 3.63) is 0 Å². The van der Waals surface area contributed by atoms with E-state index in [0.717, 1.165) is 25.3 Å². The standard InChI is InChI=1S/C17H33NO2S/c1-17(2,12-15-8-5-3-4-6-9-15)18-13-16-10-7-11-21(19,20)14-16/h15-16,18H,3-14H2,1-2H3. The predicted octanol–water partition coefficient (Wildman–Crippen LogP) is 3.54. The average molecular weight is 316 g/mol. The summed E-state index contributed by atoms with van der Waals surface area (Å²) in [7, 11) is -2.77. The van der Waals surface area contributed by atoms with Gasteiger partial charge in [0, 0.05) is 5.54 Å². The minimum absolute atomic E-state index is 0.135. The molecule has 0 spiro atoms. The summed E-state index contributed by atoms with van der Waals surface area (Å²) in [6.45, 7) is 5.43. The van der Waals surface area contributed by atoms with Crippen LogP contribution in [0.1, 0.15) is 71.6 Å². The molecule has 3 nitrogen and oxygen atoms in total. The molecule has 1 heterocycles. The Hall–Kier alpha value is -0.0900. The maximum atomic E-state index is 11.7. The molecule has 2 rings (SSSR count). The molecule has 1 aliphatic carbocycles. The quantitative estimate of drug-likeness (QED) is 0.789. The van der Waals surface area contributed by atoms with Crippen molar-refractivity contribution in [2.45, 2.75) is 77.2 Å². The van der Waals surface area contributed by atoms with Crippen LogP contribution < -0.4 is 5.32 Å². The molecule has 1 saturated heterocycles. The van der Waals surface area contributed by atoms with Crippen LogP contribution in [0.2, 0.25) is 0 Å². The van der Waals surface area contributed by atoms with Gasteiger partial charge in [-0.05, 0) is 51.5 Å². The molecule has 1 unspecified atom stereocenters. The third kappa shape index (κ3) is 6.27. The molecular weight excluding hydrogens is 282 g/mol. The van der Waals surface area contributed by atoms with Crippen molar-refractivity contribution in [1.82, 2.24) is 5.32 Å². The van der Waals surface area contributed by atoms with Crippen molar-refractivity contribution in [3.8, 4) is 0 Å². The molecule has 0 radical (unpaired) electrons. The van der Waals surface area contributed by atoms with Crippen LogP contribution in [-0.4, -0.2) is 32.0 Å². The molecule has 1 atom stereocenters. The van der Waals surface area contributed by atoms with Gasteiger partial charge in [-0.1, -0.05) is 38.5 Å². The van der Waals surface area contributed by atoms with Gasteiger partial charge in [-0.15, -0.1) is 0 Å². The highest BCUT2D eigenvalue weighted by molar-refractivity contribution is 7.91. The second-order valence-corrected chi connectivity index (χ2v) is 10.2. The Bertz CT molecular complexity index is 409. The zero-order valence-electron chi connectivity index (χ0n) is 13.9. The summed E-state index contributed by atoms with van der Waals surface area (Å²) in [5, 5.41) is 3.67. The van der Waals surface area contributed by atoms with Gasteiger partial charge in [0.25, 0.3) is 0 Å². The van der Waals surface area contributed by atoms with Gasteiger partial charge in [0.05, 0.1) is 11.5 Å². The number of rotatable bonds is 5. The second kappa shape index (κ2) is 7.45. The fourth-order valence-electron chi connectivity index (χ4n) is 4.06. The van der Waals surface area contributed by atoms with E-state index in [4.69, 9.17) is 0 Å². The molecule has 0 aromatic rings. The van der Waals surface area contributed by atoms with Crippen LogP contribution in [-0.2, 0) is 9.84 Å². The van der Waals surface area contributed by atoms with Crippen molar-refractivity contribution < 1.29 is 8.42 Å². The van der Waals surface area contributed by atoms with E-state index >= 15 is 0 Å². The highest BCUT2D eigenvalue weighted by Gasteiger charge is 2.28. The topological polar surface area (TPSA) is 46.2 Å². The summed E-state index contributed by atoms with van der Waals surface area (Å²) in [6, 6.07) is 0. The highest BCUT2D eigenvalue weighted by atomic mass is 32.2. The van der Waals surface area contributed by atoms with Gasteiger partial charge in [-0.2, -0.15) is 0 Å². The van der Waals surface area contributed by atoms with Crippen LogP contribution in [0.5, 0.6) is 0 Å². The Morgan fingerprint density at radius 3 is 2.19 bits per heavy atom. The lowest BCUT2D eigenvalue weighted by atomic mass is 9.85. The smallest absolute Gasteiger partial charge is 0.150 e. The normalized spacial score (nSPS) is 28.2. The van der Waals surface area contributed by atoms with Crippen molar-refractivity contribution >= 4 is 9.84 Å². The van der Waals surface area contributed by atoms with E-state index in [2.05, 4.69) is 19.2 Å². The maximum absolute atomic E-state index is 11.7. The van der Waals surface area contributed by atoms with E-state index < -0.39 is 9.84 Å². The fraction of sp³-hybridized carbons (Fsp3) is 1.00. The molecule has 0 aromatic heterocycles. The number of sulfone groups is 1. The molecule has 124 valence electrons. The monoisotopic (exact) mass is 315 g/mol. The maximum Gasteiger partial charge on any atom is 0.150 e. The first-order chi connectivity index (χ1) is 9.86. The minimum Gasteiger partial charge on any atom is -0.311 e. The second-order valence-electron chi connectivity index (χ2n) is 7.95.